The highest BCUT2D eigenvalue weighted by Gasteiger charge is 2.11. The number of benzene rings is 1. The number of morpholine rings is 1. The number of ether oxygens (including phenoxy) is 3. The first-order valence-corrected chi connectivity index (χ1v) is 8.00. The number of esters is 1. The van der Waals surface area contributed by atoms with Crippen LogP contribution in [0.4, 0.5) is 5.69 Å². The second-order valence-electron chi connectivity index (χ2n) is 5.30. The van der Waals surface area contributed by atoms with Crippen LogP contribution in [-0.2, 0) is 9.47 Å². The number of anilines is 1. The average molecular weight is 328 g/mol. The van der Waals surface area contributed by atoms with Crippen molar-refractivity contribution in [2.75, 3.05) is 37.8 Å². The highest BCUT2D eigenvalue weighted by Crippen LogP contribution is 2.24. The molecular formula is C18H20N2O4. The molecule has 1 saturated heterocycles. The van der Waals surface area contributed by atoms with E-state index in [9.17, 15) is 4.79 Å². The summed E-state index contributed by atoms with van der Waals surface area (Å²) >= 11 is 0. The Kier molecular flexibility index (Phi) is 5.28. The largest absolute Gasteiger partial charge is 0.462 e. The van der Waals surface area contributed by atoms with E-state index in [1.807, 2.05) is 24.3 Å². The quantitative estimate of drug-likeness (QED) is 0.787. The first-order chi connectivity index (χ1) is 11.8. The number of nitrogens with zero attached hydrogens (tertiary/aromatic N) is 2. The van der Waals surface area contributed by atoms with E-state index in [1.54, 1.807) is 19.1 Å². The molecular weight excluding hydrogens is 308 g/mol. The molecule has 0 aliphatic carbocycles. The molecule has 126 valence electrons. The van der Waals surface area contributed by atoms with Crippen molar-refractivity contribution in [1.29, 1.82) is 0 Å². The molecule has 2 aromatic rings. The van der Waals surface area contributed by atoms with E-state index in [0.29, 0.717) is 23.8 Å². The Morgan fingerprint density at radius 1 is 1.17 bits per heavy atom. The lowest BCUT2D eigenvalue weighted by atomic mass is 10.2. The van der Waals surface area contributed by atoms with E-state index < -0.39 is 0 Å². The second-order valence-corrected chi connectivity index (χ2v) is 5.30. The van der Waals surface area contributed by atoms with Crippen molar-refractivity contribution in [2.24, 2.45) is 0 Å². The number of rotatable bonds is 5. The first kappa shape index (κ1) is 16.3. The zero-order valence-corrected chi connectivity index (χ0v) is 13.6. The molecule has 0 radical (unpaired) electrons. The Hall–Kier alpha value is -2.60. The van der Waals surface area contributed by atoms with Gasteiger partial charge in [0.15, 0.2) is 0 Å². The number of carbonyl (C=O) groups excluding carboxylic acids is 1. The monoisotopic (exact) mass is 328 g/mol. The Balaban J connectivity index is 1.62. The minimum atomic E-state index is -0.383. The zero-order chi connectivity index (χ0) is 16.8. The number of hydrogen-bond acceptors (Lipinski definition) is 6. The third kappa shape index (κ3) is 4.02. The van der Waals surface area contributed by atoms with Gasteiger partial charge in [-0.3, -0.25) is 0 Å². The van der Waals surface area contributed by atoms with Crippen LogP contribution in [0, 0.1) is 0 Å². The molecule has 0 N–H and O–H groups in total. The van der Waals surface area contributed by atoms with Gasteiger partial charge in [-0.25, -0.2) is 9.78 Å². The van der Waals surface area contributed by atoms with Gasteiger partial charge in [-0.15, -0.1) is 0 Å². The maximum Gasteiger partial charge on any atom is 0.339 e. The predicted molar refractivity (Wildman–Crippen MR) is 89.7 cm³/mol. The predicted octanol–water partition coefficient (Wildman–Crippen LogP) is 2.89. The van der Waals surface area contributed by atoms with E-state index in [4.69, 9.17) is 14.2 Å². The van der Waals surface area contributed by atoms with Crippen LogP contribution in [0.15, 0.2) is 42.6 Å². The lowest BCUT2D eigenvalue weighted by Crippen LogP contribution is -2.36. The molecule has 6 heteroatoms. The lowest BCUT2D eigenvalue weighted by Gasteiger charge is -2.28. The summed E-state index contributed by atoms with van der Waals surface area (Å²) in [7, 11) is 0. The van der Waals surface area contributed by atoms with Crippen LogP contribution in [0.2, 0.25) is 0 Å². The number of pyridine rings is 1. The molecule has 3 rings (SSSR count). The van der Waals surface area contributed by atoms with Gasteiger partial charge in [0.2, 0.25) is 5.88 Å². The number of aromatic nitrogens is 1. The van der Waals surface area contributed by atoms with Crippen LogP contribution in [0.1, 0.15) is 17.3 Å². The molecule has 6 nitrogen and oxygen atoms in total. The fraction of sp³-hybridized carbons (Fsp3) is 0.333. The second kappa shape index (κ2) is 7.79. The fourth-order valence-electron chi connectivity index (χ4n) is 2.44. The summed E-state index contributed by atoms with van der Waals surface area (Å²) < 4.78 is 16.0. The zero-order valence-electron chi connectivity index (χ0n) is 13.6. The number of carbonyl (C=O) groups is 1. The standard InChI is InChI=1S/C18H20N2O4/c1-2-23-18(21)14-3-8-17(19-13-14)24-16-6-4-15(5-7-16)20-9-11-22-12-10-20/h3-8,13H,2,9-12H2,1H3. The molecule has 0 amide bonds. The minimum absolute atomic E-state index is 0.340. The minimum Gasteiger partial charge on any atom is -0.462 e. The van der Waals surface area contributed by atoms with Crippen LogP contribution in [-0.4, -0.2) is 43.9 Å². The third-order valence-corrected chi connectivity index (χ3v) is 3.68. The average Bonchev–Trinajstić information content (AvgIpc) is 2.64. The van der Waals surface area contributed by atoms with E-state index in [-0.39, 0.29) is 5.97 Å². The SMILES string of the molecule is CCOC(=O)c1ccc(Oc2ccc(N3CCOCC3)cc2)nc1. The Labute approximate surface area is 141 Å². The lowest BCUT2D eigenvalue weighted by molar-refractivity contribution is 0.0526. The summed E-state index contributed by atoms with van der Waals surface area (Å²) in [5, 5.41) is 0. The molecule has 1 aliphatic heterocycles. The van der Waals surface area contributed by atoms with E-state index in [0.717, 1.165) is 32.0 Å². The molecule has 2 heterocycles. The summed E-state index contributed by atoms with van der Waals surface area (Å²) in [6.45, 7) is 5.42. The van der Waals surface area contributed by atoms with Crippen molar-refractivity contribution >= 4 is 11.7 Å². The van der Waals surface area contributed by atoms with Crippen molar-refractivity contribution in [3.8, 4) is 11.6 Å². The number of hydrogen-bond donors (Lipinski definition) is 0. The molecule has 1 aliphatic rings. The first-order valence-electron chi connectivity index (χ1n) is 8.00. The Morgan fingerprint density at radius 3 is 2.54 bits per heavy atom. The molecule has 0 spiro atoms. The van der Waals surface area contributed by atoms with Crippen LogP contribution in [0.5, 0.6) is 11.6 Å². The van der Waals surface area contributed by atoms with Crippen molar-refractivity contribution in [3.63, 3.8) is 0 Å². The molecule has 0 unspecified atom stereocenters. The van der Waals surface area contributed by atoms with Crippen molar-refractivity contribution in [3.05, 3.63) is 48.2 Å². The van der Waals surface area contributed by atoms with E-state index in [2.05, 4.69) is 9.88 Å². The van der Waals surface area contributed by atoms with Gasteiger partial charge in [0.1, 0.15) is 5.75 Å². The van der Waals surface area contributed by atoms with Gasteiger partial charge in [0.25, 0.3) is 0 Å². The fourth-order valence-corrected chi connectivity index (χ4v) is 2.44. The van der Waals surface area contributed by atoms with Crippen molar-refractivity contribution < 1.29 is 19.0 Å². The maximum absolute atomic E-state index is 11.6. The highest BCUT2D eigenvalue weighted by molar-refractivity contribution is 5.89. The Morgan fingerprint density at radius 2 is 1.92 bits per heavy atom. The van der Waals surface area contributed by atoms with Crippen molar-refractivity contribution in [1.82, 2.24) is 4.98 Å². The summed E-state index contributed by atoms with van der Waals surface area (Å²) in [5.41, 5.74) is 1.56. The van der Waals surface area contributed by atoms with Gasteiger partial charge in [0.05, 0.1) is 25.4 Å². The van der Waals surface area contributed by atoms with Crippen LogP contribution >= 0.6 is 0 Å². The normalized spacial score (nSPS) is 14.3. The van der Waals surface area contributed by atoms with Crippen LogP contribution < -0.4 is 9.64 Å². The van der Waals surface area contributed by atoms with Gasteiger partial charge >= 0.3 is 5.97 Å². The maximum atomic E-state index is 11.6. The van der Waals surface area contributed by atoms with E-state index in [1.165, 1.54) is 6.20 Å². The van der Waals surface area contributed by atoms with Crippen molar-refractivity contribution in [2.45, 2.75) is 6.92 Å². The van der Waals surface area contributed by atoms with Crippen LogP contribution in [0.3, 0.4) is 0 Å². The summed E-state index contributed by atoms with van der Waals surface area (Å²) in [6, 6.07) is 11.2. The van der Waals surface area contributed by atoms with Crippen LogP contribution in [0.25, 0.3) is 0 Å². The van der Waals surface area contributed by atoms with Gasteiger partial charge in [-0.2, -0.15) is 0 Å². The van der Waals surface area contributed by atoms with Gasteiger partial charge in [-0.1, -0.05) is 0 Å². The Bertz CT molecular complexity index is 664. The highest BCUT2D eigenvalue weighted by atomic mass is 16.5. The summed E-state index contributed by atoms with van der Waals surface area (Å²) in [5.74, 6) is 0.747. The summed E-state index contributed by atoms with van der Waals surface area (Å²) in [4.78, 5) is 18.0. The molecule has 1 aromatic carbocycles. The molecule has 0 atom stereocenters. The van der Waals surface area contributed by atoms with E-state index >= 15 is 0 Å². The molecule has 0 saturated carbocycles. The molecule has 1 aromatic heterocycles. The topological polar surface area (TPSA) is 60.9 Å². The third-order valence-electron chi connectivity index (χ3n) is 3.68. The molecule has 24 heavy (non-hydrogen) atoms. The van der Waals surface area contributed by atoms with Gasteiger partial charge in [-0.05, 0) is 37.3 Å². The van der Waals surface area contributed by atoms with Gasteiger partial charge in [0, 0.05) is 31.0 Å². The summed E-state index contributed by atoms with van der Waals surface area (Å²) in [6.07, 6.45) is 1.45. The smallest absolute Gasteiger partial charge is 0.339 e. The molecule has 1 fully saturated rings. The molecule has 0 bridgehead atoms. The van der Waals surface area contributed by atoms with Gasteiger partial charge < -0.3 is 19.1 Å².